The van der Waals surface area contributed by atoms with Crippen molar-refractivity contribution in [2.24, 2.45) is 0 Å². The Balaban J connectivity index is 1.91. The Labute approximate surface area is 135 Å². The Morgan fingerprint density at radius 3 is 2.73 bits per heavy atom. The molecule has 0 aromatic heterocycles. The second-order valence-corrected chi connectivity index (χ2v) is 5.63. The van der Waals surface area contributed by atoms with E-state index in [0.717, 1.165) is 17.0 Å². The van der Waals surface area contributed by atoms with Gasteiger partial charge in [0.15, 0.2) is 6.54 Å². The Hall–Kier alpha value is -2.04. The number of benzene rings is 2. The van der Waals surface area contributed by atoms with Crippen LogP contribution in [0.1, 0.15) is 5.56 Å². The van der Waals surface area contributed by atoms with Crippen molar-refractivity contribution < 1.29 is 14.4 Å². The molecule has 0 saturated heterocycles. The highest BCUT2D eigenvalue weighted by Crippen LogP contribution is 2.22. The van der Waals surface area contributed by atoms with Gasteiger partial charge in [-0.15, -0.1) is 0 Å². The first-order valence-corrected chi connectivity index (χ1v) is 7.45. The maximum absolute atomic E-state index is 12.1. The van der Waals surface area contributed by atoms with E-state index in [1.54, 1.807) is 7.11 Å². The van der Waals surface area contributed by atoms with E-state index in [1.165, 1.54) is 0 Å². The average molecular weight is 320 g/mol. The number of halogens is 1. The molecule has 0 spiro atoms. The lowest BCUT2D eigenvalue weighted by Gasteiger charge is -2.15. The van der Waals surface area contributed by atoms with E-state index < -0.39 is 0 Å². The van der Waals surface area contributed by atoms with Gasteiger partial charge in [0, 0.05) is 10.6 Å². The van der Waals surface area contributed by atoms with Crippen molar-refractivity contribution in [1.82, 2.24) is 0 Å². The number of rotatable bonds is 6. The number of anilines is 1. The van der Waals surface area contributed by atoms with Gasteiger partial charge in [0.2, 0.25) is 0 Å². The predicted molar refractivity (Wildman–Crippen MR) is 88.5 cm³/mol. The zero-order valence-corrected chi connectivity index (χ0v) is 13.5. The summed E-state index contributed by atoms with van der Waals surface area (Å²) in [6.07, 6.45) is 0. The molecule has 1 atom stereocenters. The van der Waals surface area contributed by atoms with Gasteiger partial charge in [-0.2, -0.15) is 0 Å². The second kappa shape index (κ2) is 7.82. The third kappa shape index (κ3) is 4.76. The molecule has 0 heterocycles. The van der Waals surface area contributed by atoms with Gasteiger partial charge in [-0.25, -0.2) is 0 Å². The van der Waals surface area contributed by atoms with Crippen LogP contribution in [0, 0.1) is 0 Å². The largest absolute Gasteiger partial charge is 0.495 e. The lowest BCUT2D eigenvalue weighted by Crippen LogP contribution is -3.08. The van der Waals surface area contributed by atoms with Crippen molar-refractivity contribution in [3.63, 3.8) is 0 Å². The van der Waals surface area contributed by atoms with Gasteiger partial charge in [-0.3, -0.25) is 4.79 Å². The number of hydrogen-bond donors (Lipinski definition) is 2. The first kappa shape index (κ1) is 16.3. The molecule has 0 radical (unpaired) electrons. The van der Waals surface area contributed by atoms with E-state index in [-0.39, 0.29) is 5.91 Å². The minimum atomic E-state index is -0.0518. The maximum atomic E-state index is 12.1. The molecule has 0 aliphatic heterocycles. The maximum Gasteiger partial charge on any atom is 0.279 e. The molecule has 0 aliphatic rings. The first-order chi connectivity index (χ1) is 10.6. The molecule has 0 aliphatic carbocycles. The van der Waals surface area contributed by atoms with Crippen molar-refractivity contribution in [2.45, 2.75) is 6.54 Å². The normalized spacial score (nSPS) is 11.8. The highest BCUT2D eigenvalue weighted by atomic mass is 35.5. The Bertz CT molecular complexity index is 646. The smallest absolute Gasteiger partial charge is 0.279 e. The van der Waals surface area contributed by atoms with E-state index in [0.29, 0.717) is 23.0 Å². The molecular formula is C17H20ClN2O2+. The average Bonchev–Trinajstić information content (AvgIpc) is 2.47. The number of carbonyl (C=O) groups excluding carboxylic acids is 1. The van der Waals surface area contributed by atoms with E-state index in [9.17, 15) is 4.79 Å². The van der Waals surface area contributed by atoms with Crippen LogP contribution in [-0.4, -0.2) is 26.6 Å². The number of para-hydroxylation sites is 2. The molecule has 0 saturated carbocycles. The first-order valence-electron chi connectivity index (χ1n) is 7.07. The number of amides is 1. The molecule has 4 nitrogen and oxygen atoms in total. The molecule has 0 bridgehead atoms. The predicted octanol–water partition coefficient (Wildman–Crippen LogP) is 2.00. The number of likely N-dealkylation sites (N-methyl/N-ethyl adjacent to an activating group) is 1. The lowest BCUT2D eigenvalue weighted by molar-refractivity contribution is -0.885. The zero-order valence-electron chi connectivity index (χ0n) is 12.7. The van der Waals surface area contributed by atoms with Crippen molar-refractivity contribution in [3.8, 4) is 5.75 Å². The molecule has 116 valence electrons. The number of hydrogen-bond acceptors (Lipinski definition) is 2. The molecular weight excluding hydrogens is 300 g/mol. The summed E-state index contributed by atoms with van der Waals surface area (Å²) in [4.78, 5) is 13.2. The zero-order chi connectivity index (χ0) is 15.9. The fourth-order valence-electron chi connectivity index (χ4n) is 2.27. The minimum absolute atomic E-state index is 0.0518. The minimum Gasteiger partial charge on any atom is -0.495 e. The lowest BCUT2D eigenvalue weighted by atomic mass is 10.2. The summed E-state index contributed by atoms with van der Waals surface area (Å²) in [6.45, 7) is 1.10. The van der Waals surface area contributed by atoms with Crippen LogP contribution in [0.3, 0.4) is 0 Å². The molecule has 2 rings (SSSR count). The van der Waals surface area contributed by atoms with Crippen LogP contribution in [0.25, 0.3) is 0 Å². The van der Waals surface area contributed by atoms with Gasteiger partial charge >= 0.3 is 0 Å². The van der Waals surface area contributed by atoms with Crippen LogP contribution in [0.2, 0.25) is 5.02 Å². The van der Waals surface area contributed by atoms with Crippen molar-refractivity contribution in [3.05, 3.63) is 59.1 Å². The van der Waals surface area contributed by atoms with Crippen molar-refractivity contribution in [1.29, 1.82) is 0 Å². The second-order valence-electron chi connectivity index (χ2n) is 5.19. The van der Waals surface area contributed by atoms with Gasteiger partial charge in [0.05, 0.1) is 19.8 Å². The summed E-state index contributed by atoms with van der Waals surface area (Å²) in [6, 6.07) is 15.1. The third-order valence-corrected chi connectivity index (χ3v) is 3.47. The van der Waals surface area contributed by atoms with Crippen LogP contribution in [0.4, 0.5) is 5.69 Å². The summed E-state index contributed by atoms with van der Waals surface area (Å²) < 4.78 is 5.22. The molecule has 2 aromatic carbocycles. The molecule has 22 heavy (non-hydrogen) atoms. The van der Waals surface area contributed by atoms with Gasteiger partial charge in [-0.05, 0) is 24.3 Å². The van der Waals surface area contributed by atoms with E-state index >= 15 is 0 Å². The van der Waals surface area contributed by atoms with Gasteiger partial charge in [0.1, 0.15) is 12.3 Å². The number of ether oxygens (including phenoxy) is 1. The van der Waals surface area contributed by atoms with E-state index in [1.807, 2.05) is 55.6 Å². The fourth-order valence-corrected chi connectivity index (χ4v) is 2.49. The summed E-state index contributed by atoms with van der Waals surface area (Å²) >= 11 is 5.97. The molecule has 1 unspecified atom stereocenters. The SMILES string of the molecule is COc1ccccc1NC(=O)C[NH+](C)Cc1cccc(Cl)c1. The van der Waals surface area contributed by atoms with E-state index in [2.05, 4.69) is 5.32 Å². The van der Waals surface area contributed by atoms with Crippen LogP contribution in [0.15, 0.2) is 48.5 Å². The third-order valence-electron chi connectivity index (χ3n) is 3.24. The van der Waals surface area contributed by atoms with Crippen LogP contribution in [0.5, 0.6) is 5.75 Å². The van der Waals surface area contributed by atoms with Crippen LogP contribution >= 0.6 is 11.6 Å². The Kier molecular flexibility index (Phi) is 5.81. The van der Waals surface area contributed by atoms with Gasteiger partial charge < -0.3 is 15.0 Å². The summed E-state index contributed by atoms with van der Waals surface area (Å²) in [7, 11) is 3.56. The molecule has 0 fully saturated rings. The molecule has 5 heteroatoms. The number of quaternary nitrogens is 1. The summed E-state index contributed by atoms with van der Waals surface area (Å²) in [5.74, 6) is 0.604. The van der Waals surface area contributed by atoms with Crippen LogP contribution in [-0.2, 0) is 11.3 Å². The molecule has 1 amide bonds. The highest BCUT2D eigenvalue weighted by Gasteiger charge is 2.12. The van der Waals surface area contributed by atoms with Crippen molar-refractivity contribution >= 4 is 23.2 Å². The fraction of sp³-hybridized carbons (Fsp3) is 0.235. The van der Waals surface area contributed by atoms with E-state index in [4.69, 9.17) is 16.3 Å². The summed E-state index contributed by atoms with van der Waals surface area (Å²) in [5.41, 5.74) is 1.79. The standard InChI is InChI=1S/C17H19ClN2O2/c1-20(11-13-6-5-7-14(18)10-13)12-17(21)19-15-8-3-4-9-16(15)22-2/h3-10H,11-12H2,1-2H3,(H,19,21)/p+1. The number of carbonyl (C=O) groups is 1. The molecule has 2 N–H and O–H groups in total. The topological polar surface area (TPSA) is 42.8 Å². The highest BCUT2D eigenvalue weighted by molar-refractivity contribution is 6.30. The molecule has 2 aromatic rings. The number of nitrogens with one attached hydrogen (secondary N) is 2. The van der Waals surface area contributed by atoms with Gasteiger partial charge in [0.25, 0.3) is 5.91 Å². The van der Waals surface area contributed by atoms with Crippen LogP contribution < -0.4 is 15.0 Å². The van der Waals surface area contributed by atoms with Crippen molar-refractivity contribution in [2.75, 3.05) is 26.0 Å². The summed E-state index contributed by atoms with van der Waals surface area (Å²) in [5, 5.41) is 3.59. The van der Waals surface area contributed by atoms with Gasteiger partial charge in [-0.1, -0.05) is 35.9 Å². The number of methoxy groups -OCH3 is 1. The Morgan fingerprint density at radius 1 is 1.23 bits per heavy atom. The monoisotopic (exact) mass is 319 g/mol. The Morgan fingerprint density at radius 2 is 2.00 bits per heavy atom. The quantitative estimate of drug-likeness (QED) is 0.855.